The molecule has 6 nitrogen and oxygen atoms in total. The lowest BCUT2D eigenvalue weighted by molar-refractivity contribution is -0.122. The van der Waals surface area contributed by atoms with E-state index in [4.69, 9.17) is 5.11 Å². The largest absolute Gasteiger partial charge is 0.478 e. The third kappa shape index (κ3) is 2.48. The quantitative estimate of drug-likeness (QED) is 0.730. The number of carbonyl (C=O) groups excluding carboxylic acids is 2. The Balaban J connectivity index is 2.12. The number of carboxylic acid groups (broad SMARTS) is 1. The lowest BCUT2D eigenvalue weighted by Gasteiger charge is -2.12. The van der Waals surface area contributed by atoms with E-state index in [0.29, 0.717) is 12.8 Å². The molecule has 1 aromatic carbocycles. The van der Waals surface area contributed by atoms with Crippen LogP contribution in [-0.4, -0.2) is 28.9 Å². The van der Waals surface area contributed by atoms with Crippen LogP contribution in [0.25, 0.3) is 0 Å². The number of benzene rings is 1. The highest BCUT2D eigenvalue weighted by Gasteiger charge is 2.27. The van der Waals surface area contributed by atoms with E-state index in [0.717, 1.165) is 0 Å². The van der Waals surface area contributed by atoms with Gasteiger partial charge < -0.3 is 15.7 Å². The van der Waals surface area contributed by atoms with Gasteiger partial charge in [0.1, 0.15) is 6.04 Å². The molecule has 0 spiro atoms. The molecular weight excluding hydrogens is 236 g/mol. The van der Waals surface area contributed by atoms with Crippen molar-refractivity contribution in [1.82, 2.24) is 5.32 Å². The number of carbonyl (C=O) groups is 3. The van der Waals surface area contributed by atoms with Gasteiger partial charge in [-0.1, -0.05) is 12.1 Å². The highest BCUT2D eigenvalue weighted by Crippen LogP contribution is 2.16. The average molecular weight is 248 g/mol. The maximum Gasteiger partial charge on any atom is 0.337 e. The Morgan fingerprint density at radius 3 is 2.67 bits per heavy atom. The third-order valence-corrected chi connectivity index (χ3v) is 2.73. The molecule has 0 aromatic heterocycles. The molecule has 2 amide bonds. The highest BCUT2D eigenvalue weighted by atomic mass is 16.4. The molecule has 0 unspecified atom stereocenters. The third-order valence-electron chi connectivity index (χ3n) is 2.73. The fourth-order valence-electron chi connectivity index (χ4n) is 1.81. The Labute approximate surface area is 103 Å². The monoisotopic (exact) mass is 248 g/mol. The molecule has 1 heterocycles. The van der Waals surface area contributed by atoms with Gasteiger partial charge >= 0.3 is 5.97 Å². The maximum atomic E-state index is 11.8. The van der Waals surface area contributed by atoms with Gasteiger partial charge in [-0.05, 0) is 18.6 Å². The summed E-state index contributed by atoms with van der Waals surface area (Å²) >= 11 is 0. The number of amides is 2. The fraction of sp³-hybridized carbons (Fsp3) is 0.250. The number of anilines is 1. The summed E-state index contributed by atoms with van der Waals surface area (Å²) in [7, 11) is 0. The van der Waals surface area contributed by atoms with Gasteiger partial charge in [0.15, 0.2) is 0 Å². The van der Waals surface area contributed by atoms with Crippen molar-refractivity contribution in [2.45, 2.75) is 18.9 Å². The first kappa shape index (κ1) is 12.1. The molecule has 18 heavy (non-hydrogen) atoms. The van der Waals surface area contributed by atoms with Crippen molar-refractivity contribution in [3.8, 4) is 0 Å². The Morgan fingerprint density at radius 1 is 1.33 bits per heavy atom. The van der Waals surface area contributed by atoms with Gasteiger partial charge in [0, 0.05) is 6.42 Å². The lowest BCUT2D eigenvalue weighted by atomic mass is 10.1. The number of rotatable bonds is 3. The van der Waals surface area contributed by atoms with E-state index >= 15 is 0 Å². The summed E-state index contributed by atoms with van der Waals surface area (Å²) < 4.78 is 0. The average Bonchev–Trinajstić information content (AvgIpc) is 2.76. The molecule has 1 saturated heterocycles. The molecule has 6 heteroatoms. The van der Waals surface area contributed by atoms with Crippen LogP contribution in [0.5, 0.6) is 0 Å². The molecule has 0 saturated carbocycles. The van der Waals surface area contributed by atoms with Gasteiger partial charge in [-0.2, -0.15) is 0 Å². The summed E-state index contributed by atoms with van der Waals surface area (Å²) in [5, 5.41) is 14.0. The summed E-state index contributed by atoms with van der Waals surface area (Å²) in [5.41, 5.74) is 0.256. The van der Waals surface area contributed by atoms with Crippen molar-refractivity contribution in [1.29, 1.82) is 0 Å². The maximum absolute atomic E-state index is 11.8. The zero-order valence-corrected chi connectivity index (χ0v) is 9.47. The van der Waals surface area contributed by atoms with E-state index in [-0.39, 0.29) is 17.2 Å². The second kappa shape index (κ2) is 4.87. The summed E-state index contributed by atoms with van der Waals surface area (Å²) in [4.78, 5) is 33.8. The van der Waals surface area contributed by atoms with Crippen molar-refractivity contribution < 1.29 is 19.5 Å². The van der Waals surface area contributed by atoms with E-state index in [1.165, 1.54) is 12.1 Å². The van der Waals surface area contributed by atoms with Gasteiger partial charge in [-0.15, -0.1) is 0 Å². The van der Waals surface area contributed by atoms with E-state index in [9.17, 15) is 14.4 Å². The zero-order chi connectivity index (χ0) is 13.1. The highest BCUT2D eigenvalue weighted by molar-refractivity contribution is 6.03. The first-order chi connectivity index (χ1) is 8.58. The van der Waals surface area contributed by atoms with Crippen molar-refractivity contribution in [2.24, 2.45) is 0 Å². The van der Waals surface area contributed by atoms with Crippen LogP contribution in [0.4, 0.5) is 5.69 Å². The Kier molecular flexibility index (Phi) is 3.27. The first-order valence-electron chi connectivity index (χ1n) is 5.50. The predicted molar refractivity (Wildman–Crippen MR) is 63.2 cm³/mol. The van der Waals surface area contributed by atoms with Crippen molar-refractivity contribution in [3.05, 3.63) is 29.8 Å². The molecule has 1 aliphatic heterocycles. The van der Waals surface area contributed by atoms with Crippen LogP contribution >= 0.6 is 0 Å². The number of nitrogens with one attached hydrogen (secondary N) is 2. The second-order valence-corrected chi connectivity index (χ2v) is 4.00. The van der Waals surface area contributed by atoms with Crippen molar-refractivity contribution >= 4 is 23.5 Å². The molecule has 0 aliphatic carbocycles. The number of hydrogen-bond acceptors (Lipinski definition) is 3. The summed E-state index contributed by atoms with van der Waals surface area (Å²) in [6.45, 7) is 0. The van der Waals surface area contributed by atoms with Gasteiger partial charge in [-0.3, -0.25) is 9.59 Å². The Bertz CT molecular complexity index is 513. The Hall–Kier alpha value is -2.37. The van der Waals surface area contributed by atoms with Crippen LogP contribution in [0.2, 0.25) is 0 Å². The summed E-state index contributed by atoms with van der Waals surface area (Å²) in [6, 6.07) is 5.55. The van der Waals surface area contributed by atoms with Crippen molar-refractivity contribution in [2.75, 3.05) is 5.32 Å². The molecule has 1 aliphatic rings. The molecule has 3 N–H and O–H groups in total. The zero-order valence-electron chi connectivity index (χ0n) is 9.47. The van der Waals surface area contributed by atoms with Gasteiger partial charge in [-0.25, -0.2) is 4.79 Å². The SMILES string of the molecule is O=C1CC[C@@H](C(=O)Nc2ccccc2C(=O)O)N1. The van der Waals surface area contributed by atoms with Crippen LogP contribution in [0.15, 0.2) is 24.3 Å². The molecule has 0 bridgehead atoms. The molecule has 0 radical (unpaired) electrons. The minimum Gasteiger partial charge on any atom is -0.478 e. The first-order valence-corrected chi connectivity index (χ1v) is 5.50. The smallest absolute Gasteiger partial charge is 0.337 e. The lowest BCUT2D eigenvalue weighted by Crippen LogP contribution is -2.37. The number of carboxylic acids is 1. The summed E-state index contributed by atoms with van der Waals surface area (Å²) in [6.07, 6.45) is 0.749. The molecule has 1 aromatic rings. The predicted octanol–water partition coefficient (Wildman–Crippen LogP) is 0.602. The van der Waals surface area contributed by atoms with E-state index in [2.05, 4.69) is 10.6 Å². The van der Waals surface area contributed by atoms with Crippen LogP contribution in [0.1, 0.15) is 23.2 Å². The second-order valence-electron chi connectivity index (χ2n) is 4.00. The Morgan fingerprint density at radius 2 is 2.06 bits per heavy atom. The molecular formula is C12H12N2O4. The molecule has 94 valence electrons. The minimum absolute atomic E-state index is 0.0233. The molecule has 1 atom stereocenters. The topological polar surface area (TPSA) is 95.5 Å². The minimum atomic E-state index is -1.11. The van der Waals surface area contributed by atoms with Gasteiger partial charge in [0.05, 0.1) is 11.3 Å². The van der Waals surface area contributed by atoms with Crippen LogP contribution < -0.4 is 10.6 Å². The number of aromatic carboxylic acids is 1. The summed E-state index contributed by atoms with van der Waals surface area (Å²) in [5.74, 6) is -1.67. The van der Waals surface area contributed by atoms with Crippen molar-refractivity contribution in [3.63, 3.8) is 0 Å². The van der Waals surface area contributed by atoms with Gasteiger partial charge in [0.2, 0.25) is 11.8 Å². The number of para-hydroxylation sites is 1. The van der Waals surface area contributed by atoms with Crippen LogP contribution in [-0.2, 0) is 9.59 Å². The number of hydrogen-bond donors (Lipinski definition) is 3. The van der Waals surface area contributed by atoms with E-state index in [1.807, 2.05) is 0 Å². The van der Waals surface area contributed by atoms with Crippen LogP contribution in [0, 0.1) is 0 Å². The standard InChI is InChI=1S/C12H12N2O4/c15-10-6-5-9(13-10)11(16)14-8-4-2-1-3-7(8)12(17)18/h1-4,9H,5-6H2,(H,13,15)(H,14,16)(H,17,18)/t9-/m0/s1. The molecule has 2 rings (SSSR count). The normalized spacial score (nSPS) is 18.2. The fourth-order valence-corrected chi connectivity index (χ4v) is 1.81. The van der Waals surface area contributed by atoms with E-state index in [1.54, 1.807) is 12.1 Å². The molecule has 1 fully saturated rings. The van der Waals surface area contributed by atoms with E-state index < -0.39 is 17.9 Å². The van der Waals surface area contributed by atoms with Crippen LogP contribution in [0.3, 0.4) is 0 Å². The van der Waals surface area contributed by atoms with Gasteiger partial charge in [0.25, 0.3) is 0 Å².